The molecule has 1 atom stereocenters. The van der Waals surface area contributed by atoms with E-state index in [4.69, 9.17) is 5.73 Å². The molecule has 1 unspecified atom stereocenters. The van der Waals surface area contributed by atoms with E-state index in [1.807, 2.05) is 19.3 Å². The van der Waals surface area contributed by atoms with Crippen LogP contribution in [-0.4, -0.2) is 16.2 Å². The molecular weight excluding hydrogens is 212 g/mol. The lowest BCUT2D eigenvalue weighted by Gasteiger charge is -2.10. The lowest BCUT2D eigenvalue weighted by molar-refractivity contribution is 0.188. The third-order valence-electron chi connectivity index (χ3n) is 3.27. The summed E-state index contributed by atoms with van der Waals surface area (Å²) < 4.78 is 2.08. The zero-order valence-electron chi connectivity index (χ0n) is 10.6. The zero-order valence-corrected chi connectivity index (χ0v) is 10.6. The summed E-state index contributed by atoms with van der Waals surface area (Å²) in [5.41, 5.74) is 8.97. The third kappa shape index (κ3) is 1.96. The Balaban J connectivity index is 2.72. The SMILES string of the molecule is CC(C)c1cccc2c(C(O)CN)cn(C)c12. The first-order valence-electron chi connectivity index (χ1n) is 6.02. The summed E-state index contributed by atoms with van der Waals surface area (Å²) in [5.74, 6) is 0.468. The van der Waals surface area contributed by atoms with E-state index >= 15 is 0 Å². The van der Waals surface area contributed by atoms with Crippen molar-refractivity contribution >= 4 is 10.9 Å². The van der Waals surface area contributed by atoms with Crippen molar-refractivity contribution < 1.29 is 5.11 Å². The maximum atomic E-state index is 9.93. The smallest absolute Gasteiger partial charge is 0.0932 e. The van der Waals surface area contributed by atoms with E-state index in [-0.39, 0.29) is 6.54 Å². The highest BCUT2D eigenvalue weighted by molar-refractivity contribution is 5.87. The predicted molar refractivity (Wildman–Crippen MR) is 71.0 cm³/mol. The van der Waals surface area contributed by atoms with Gasteiger partial charge in [0.1, 0.15) is 0 Å². The number of benzene rings is 1. The van der Waals surface area contributed by atoms with Crippen LogP contribution in [0, 0.1) is 0 Å². The molecule has 2 aromatic rings. The van der Waals surface area contributed by atoms with Crippen molar-refractivity contribution in [2.75, 3.05) is 6.54 Å². The van der Waals surface area contributed by atoms with Gasteiger partial charge in [-0.2, -0.15) is 0 Å². The monoisotopic (exact) mass is 232 g/mol. The van der Waals surface area contributed by atoms with Crippen LogP contribution in [0.15, 0.2) is 24.4 Å². The molecule has 0 aliphatic rings. The van der Waals surface area contributed by atoms with Gasteiger partial charge in [0, 0.05) is 30.7 Å². The number of para-hydroxylation sites is 1. The van der Waals surface area contributed by atoms with Crippen molar-refractivity contribution in [2.24, 2.45) is 12.8 Å². The number of aryl methyl sites for hydroxylation is 1. The number of aliphatic hydroxyl groups excluding tert-OH is 1. The van der Waals surface area contributed by atoms with E-state index in [0.717, 1.165) is 10.9 Å². The highest BCUT2D eigenvalue weighted by Crippen LogP contribution is 2.31. The second kappa shape index (κ2) is 4.51. The van der Waals surface area contributed by atoms with Crippen LogP contribution in [0.3, 0.4) is 0 Å². The van der Waals surface area contributed by atoms with Gasteiger partial charge in [-0.3, -0.25) is 0 Å². The fraction of sp³-hybridized carbons (Fsp3) is 0.429. The van der Waals surface area contributed by atoms with Crippen LogP contribution in [0.2, 0.25) is 0 Å². The van der Waals surface area contributed by atoms with Crippen molar-refractivity contribution in [2.45, 2.75) is 25.9 Å². The highest BCUT2D eigenvalue weighted by atomic mass is 16.3. The third-order valence-corrected chi connectivity index (χ3v) is 3.27. The Labute approximate surface area is 102 Å². The number of fused-ring (bicyclic) bond motifs is 1. The molecule has 0 radical (unpaired) electrons. The van der Waals surface area contributed by atoms with Crippen LogP contribution < -0.4 is 5.73 Å². The van der Waals surface area contributed by atoms with Crippen LogP contribution in [0.4, 0.5) is 0 Å². The number of nitrogens with zero attached hydrogens (tertiary/aromatic N) is 1. The normalized spacial score (nSPS) is 13.5. The van der Waals surface area contributed by atoms with Gasteiger partial charge in [-0.25, -0.2) is 0 Å². The molecular formula is C14H20N2O. The lowest BCUT2D eigenvalue weighted by atomic mass is 9.98. The number of hydrogen-bond donors (Lipinski definition) is 2. The second-order valence-electron chi connectivity index (χ2n) is 4.84. The van der Waals surface area contributed by atoms with Crippen molar-refractivity contribution in [3.8, 4) is 0 Å². The van der Waals surface area contributed by atoms with Crippen molar-refractivity contribution in [1.82, 2.24) is 4.57 Å². The second-order valence-corrected chi connectivity index (χ2v) is 4.84. The summed E-state index contributed by atoms with van der Waals surface area (Å²) in [6.07, 6.45) is 1.40. The van der Waals surface area contributed by atoms with Gasteiger partial charge in [0.05, 0.1) is 11.6 Å². The highest BCUT2D eigenvalue weighted by Gasteiger charge is 2.16. The van der Waals surface area contributed by atoms with Crippen molar-refractivity contribution in [1.29, 1.82) is 0 Å². The molecule has 92 valence electrons. The minimum Gasteiger partial charge on any atom is -0.387 e. The average Bonchev–Trinajstić information content (AvgIpc) is 2.66. The number of rotatable bonds is 3. The first-order valence-corrected chi connectivity index (χ1v) is 6.02. The Morgan fingerprint density at radius 2 is 2.00 bits per heavy atom. The first kappa shape index (κ1) is 12.1. The van der Waals surface area contributed by atoms with Gasteiger partial charge < -0.3 is 15.4 Å². The minimum absolute atomic E-state index is 0.255. The maximum Gasteiger partial charge on any atom is 0.0932 e. The molecule has 2 rings (SSSR count). The molecule has 1 aromatic carbocycles. The van der Waals surface area contributed by atoms with Crippen LogP contribution in [0.25, 0.3) is 10.9 Å². The van der Waals surface area contributed by atoms with E-state index < -0.39 is 6.10 Å². The predicted octanol–water partition coefficient (Wildman–Crippen LogP) is 2.29. The molecule has 0 saturated heterocycles. The van der Waals surface area contributed by atoms with E-state index in [0.29, 0.717) is 5.92 Å². The Morgan fingerprint density at radius 3 is 2.59 bits per heavy atom. The molecule has 0 saturated carbocycles. The van der Waals surface area contributed by atoms with Gasteiger partial charge in [-0.15, -0.1) is 0 Å². The summed E-state index contributed by atoms with van der Waals surface area (Å²) in [5, 5.41) is 11.0. The molecule has 0 bridgehead atoms. The van der Waals surface area contributed by atoms with E-state index in [9.17, 15) is 5.11 Å². The van der Waals surface area contributed by atoms with E-state index in [1.54, 1.807) is 0 Å². The van der Waals surface area contributed by atoms with Gasteiger partial charge in [0.25, 0.3) is 0 Å². The Bertz CT molecular complexity index is 528. The van der Waals surface area contributed by atoms with Crippen LogP contribution in [-0.2, 0) is 7.05 Å². The summed E-state index contributed by atoms with van der Waals surface area (Å²) in [7, 11) is 2.01. The van der Waals surface area contributed by atoms with Gasteiger partial charge in [0.2, 0.25) is 0 Å². The largest absolute Gasteiger partial charge is 0.387 e. The molecule has 0 aliphatic heterocycles. The van der Waals surface area contributed by atoms with Crippen molar-refractivity contribution in [3.63, 3.8) is 0 Å². The Hall–Kier alpha value is -1.32. The molecule has 3 heteroatoms. The summed E-state index contributed by atoms with van der Waals surface area (Å²) >= 11 is 0. The van der Waals surface area contributed by atoms with Crippen LogP contribution in [0.5, 0.6) is 0 Å². The number of nitrogens with two attached hydrogens (primary N) is 1. The first-order chi connectivity index (χ1) is 8.06. The van der Waals surface area contributed by atoms with E-state index in [1.165, 1.54) is 11.1 Å². The summed E-state index contributed by atoms with van der Waals surface area (Å²) in [6.45, 7) is 4.62. The molecule has 3 N–H and O–H groups in total. The summed E-state index contributed by atoms with van der Waals surface area (Å²) in [6, 6.07) is 6.24. The average molecular weight is 232 g/mol. The van der Waals surface area contributed by atoms with Gasteiger partial charge in [-0.1, -0.05) is 32.0 Å². The minimum atomic E-state index is -0.582. The maximum absolute atomic E-state index is 9.93. The summed E-state index contributed by atoms with van der Waals surface area (Å²) in [4.78, 5) is 0. The number of aliphatic hydroxyl groups is 1. The molecule has 17 heavy (non-hydrogen) atoms. The standard InChI is InChI=1S/C14H20N2O/c1-9(2)10-5-4-6-11-12(13(17)7-15)8-16(3)14(10)11/h4-6,8-9,13,17H,7,15H2,1-3H3. The molecule has 1 aromatic heterocycles. The topological polar surface area (TPSA) is 51.2 Å². The Morgan fingerprint density at radius 1 is 1.29 bits per heavy atom. The zero-order chi connectivity index (χ0) is 12.6. The van der Waals surface area contributed by atoms with Crippen LogP contribution in [0.1, 0.15) is 37.0 Å². The van der Waals surface area contributed by atoms with Gasteiger partial charge in [-0.05, 0) is 11.5 Å². The molecule has 0 aliphatic carbocycles. The fourth-order valence-electron chi connectivity index (χ4n) is 2.39. The lowest BCUT2D eigenvalue weighted by Crippen LogP contribution is -2.10. The molecule has 0 spiro atoms. The van der Waals surface area contributed by atoms with Crippen LogP contribution >= 0.6 is 0 Å². The number of aromatic nitrogens is 1. The quantitative estimate of drug-likeness (QED) is 0.853. The fourth-order valence-corrected chi connectivity index (χ4v) is 2.39. The molecule has 1 heterocycles. The molecule has 3 nitrogen and oxygen atoms in total. The van der Waals surface area contributed by atoms with E-state index in [2.05, 4.69) is 30.5 Å². The number of hydrogen-bond acceptors (Lipinski definition) is 2. The molecule has 0 amide bonds. The van der Waals surface area contributed by atoms with Crippen molar-refractivity contribution in [3.05, 3.63) is 35.5 Å². The molecule has 0 fully saturated rings. The van der Waals surface area contributed by atoms with Gasteiger partial charge >= 0.3 is 0 Å². The Kier molecular flexibility index (Phi) is 3.22. The van der Waals surface area contributed by atoms with Gasteiger partial charge in [0.15, 0.2) is 0 Å².